The summed E-state index contributed by atoms with van der Waals surface area (Å²) in [6.45, 7) is 0.678. The van der Waals surface area contributed by atoms with E-state index in [-0.39, 0.29) is 18.3 Å². The van der Waals surface area contributed by atoms with Gasteiger partial charge in [0.1, 0.15) is 6.73 Å². The predicted molar refractivity (Wildman–Crippen MR) is 95.0 cm³/mol. The Morgan fingerprint density at radius 1 is 1.12 bits per heavy atom. The molecule has 0 unspecified atom stereocenters. The molecule has 0 aliphatic heterocycles. The molecule has 0 fully saturated rings. The molecule has 1 amide bonds. The van der Waals surface area contributed by atoms with Gasteiger partial charge in [0.15, 0.2) is 11.5 Å². The zero-order valence-electron chi connectivity index (χ0n) is 13.3. The number of rotatable bonds is 6. The van der Waals surface area contributed by atoms with Gasteiger partial charge in [0.25, 0.3) is 5.91 Å². The van der Waals surface area contributed by atoms with Crippen LogP contribution in [0.3, 0.4) is 0 Å². The van der Waals surface area contributed by atoms with Gasteiger partial charge in [0.05, 0.1) is 6.54 Å². The van der Waals surface area contributed by atoms with Gasteiger partial charge in [0.2, 0.25) is 0 Å². The fourth-order valence-electron chi connectivity index (χ4n) is 2.23. The maximum absolute atomic E-state index is 12.2. The third-order valence-corrected chi connectivity index (χ3v) is 4.11. The number of nitrogens with zero attached hydrogens (tertiary/aromatic N) is 4. The van der Waals surface area contributed by atoms with Crippen LogP contribution in [0, 0.1) is 0 Å². The van der Waals surface area contributed by atoms with Crippen molar-refractivity contribution in [2.75, 3.05) is 12.4 Å². The first-order valence-electron chi connectivity index (χ1n) is 7.37. The number of carbonyl (C=O) groups excluding carboxylic acids is 1. The van der Waals surface area contributed by atoms with Crippen molar-refractivity contribution in [1.29, 1.82) is 0 Å². The number of benzene rings is 1. The van der Waals surface area contributed by atoms with Gasteiger partial charge in [0, 0.05) is 41.2 Å². The van der Waals surface area contributed by atoms with Gasteiger partial charge in [-0.25, -0.2) is 4.68 Å². The summed E-state index contributed by atoms with van der Waals surface area (Å²) < 4.78 is 8.12. The maximum Gasteiger partial charge on any atom is 0.277 e. The summed E-state index contributed by atoms with van der Waals surface area (Å²) in [6, 6.07) is 8.62. The maximum atomic E-state index is 12.2. The molecular formula is C16H15Cl2N5O2. The summed E-state index contributed by atoms with van der Waals surface area (Å²) >= 11 is 12.3. The lowest BCUT2D eigenvalue weighted by atomic mass is 10.2. The van der Waals surface area contributed by atoms with Crippen LogP contribution in [0.1, 0.15) is 16.1 Å². The first-order chi connectivity index (χ1) is 12.1. The monoisotopic (exact) mass is 379 g/mol. The summed E-state index contributed by atoms with van der Waals surface area (Å²) in [6.07, 6.45) is 3.40. The van der Waals surface area contributed by atoms with E-state index in [1.165, 1.54) is 4.68 Å². The molecule has 3 aromatic rings. The number of hydrogen-bond acceptors (Lipinski definition) is 4. The van der Waals surface area contributed by atoms with Crippen molar-refractivity contribution in [3.63, 3.8) is 0 Å². The van der Waals surface area contributed by atoms with Crippen molar-refractivity contribution in [3.8, 4) is 0 Å². The van der Waals surface area contributed by atoms with Crippen LogP contribution in [0.25, 0.3) is 0 Å². The van der Waals surface area contributed by atoms with E-state index in [1.807, 2.05) is 0 Å². The Balaban J connectivity index is 1.68. The van der Waals surface area contributed by atoms with E-state index in [1.54, 1.807) is 54.5 Å². The van der Waals surface area contributed by atoms with E-state index in [9.17, 15) is 4.79 Å². The van der Waals surface area contributed by atoms with E-state index in [4.69, 9.17) is 27.9 Å². The lowest BCUT2D eigenvalue weighted by Gasteiger charge is -2.06. The molecule has 1 N–H and O–H groups in total. The van der Waals surface area contributed by atoms with Crippen molar-refractivity contribution in [1.82, 2.24) is 19.6 Å². The second-order valence-electron chi connectivity index (χ2n) is 5.21. The number of anilines is 1. The lowest BCUT2D eigenvalue weighted by molar-refractivity contribution is 0.101. The molecule has 2 aromatic heterocycles. The Bertz CT molecular complexity index is 870. The molecule has 9 heteroatoms. The quantitative estimate of drug-likeness (QED) is 0.712. The Kier molecular flexibility index (Phi) is 5.37. The standard InChI is InChI=1S/C16H15Cl2N5O2/c1-25-10-23-7-5-14(20-23)16(24)19-15-6-8-22(21-15)9-11-12(17)3-2-4-13(11)18/h2-8H,9-10H2,1H3,(H,19,21,24). The topological polar surface area (TPSA) is 74.0 Å². The molecule has 0 aliphatic carbocycles. The molecule has 0 saturated heterocycles. The smallest absolute Gasteiger partial charge is 0.277 e. The average Bonchev–Trinajstić information content (AvgIpc) is 3.21. The number of nitrogens with one attached hydrogen (secondary N) is 1. The van der Waals surface area contributed by atoms with Crippen LogP contribution in [-0.2, 0) is 18.0 Å². The Hall–Kier alpha value is -2.35. The lowest BCUT2D eigenvalue weighted by Crippen LogP contribution is -2.14. The molecule has 0 bridgehead atoms. The first-order valence-corrected chi connectivity index (χ1v) is 8.12. The van der Waals surface area contributed by atoms with Crippen molar-refractivity contribution in [2.24, 2.45) is 0 Å². The number of ether oxygens (including phenoxy) is 1. The van der Waals surface area contributed by atoms with Crippen molar-refractivity contribution < 1.29 is 9.53 Å². The molecule has 130 valence electrons. The number of hydrogen-bond donors (Lipinski definition) is 1. The highest BCUT2D eigenvalue weighted by Gasteiger charge is 2.12. The zero-order chi connectivity index (χ0) is 17.8. The summed E-state index contributed by atoms with van der Waals surface area (Å²) in [5.41, 5.74) is 1.05. The number of halogens is 2. The van der Waals surface area contributed by atoms with Crippen molar-refractivity contribution >= 4 is 34.9 Å². The Morgan fingerprint density at radius 2 is 1.84 bits per heavy atom. The average molecular weight is 380 g/mol. The van der Waals surface area contributed by atoms with Gasteiger partial charge in [-0.15, -0.1) is 0 Å². The minimum atomic E-state index is -0.351. The fourth-order valence-corrected chi connectivity index (χ4v) is 2.75. The van der Waals surface area contributed by atoms with Crippen LogP contribution in [0.5, 0.6) is 0 Å². The van der Waals surface area contributed by atoms with Crippen LogP contribution in [0.15, 0.2) is 42.7 Å². The minimum Gasteiger partial charge on any atom is -0.362 e. The van der Waals surface area contributed by atoms with Crippen molar-refractivity contribution in [3.05, 3.63) is 64.0 Å². The van der Waals surface area contributed by atoms with Crippen molar-refractivity contribution in [2.45, 2.75) is 13.3 Å². The zero-order valence-corrected chi connectivity index (χ0v) is 14.8. The number of carbonyl (C=O) groups is 1. The highest BCUT2D eigenvalue weighted by atomic mass is 35.5. The highest BCUT2D eigenvalue weighted by Crippen LogP contribution is 2.25. The molecular weight excluding hydrogens is 365 g/mol. The van der Waals surface area contributed by atoms with Gasteiger partial charge in [-0.2, -0.15) is 10.2 Å². The van der Waals surface area contributed by atoms with E-state index in [2.05, 4.69) is 15.5 Å². The van der Waals surface area contributed by atoms with Crippen LogP contribution < -0.4 is 5.32 Å². The third kappa shape index (κ3) is 4.19. The van der Waals surface area contributed by atoms with Gasteiger partial charge < -0.3 is 10.1 Å². The molecule has 25 heavy (non-hydrogen) atoms. The molecule has 1 aromatic carbocycles. The Morgan fingerprint density at radius 3 is 2.56 bits per heavy atom. The van der Waals surface area contributed by atoms with Crippen LogP contribution in [-0.4, -0.2) is 32.6 Å². The van der Waals surface area contributed by atoms with Gasteiger partial charge in [-0.1, -0.05) is 29.3 Å². The van der Waals surface area contributed by atoms with Crippen LogP contribution in [0.4, 0.5) is 5.82 Å². The first kappa shape index (κ1) is 17.5. The third-order valence-electron chi connectivity index (χ3n) is 3.40. The van der Waals surface area contributed by atoms with E-state index < -0.39 is 0 Å². The summed E-state index contributed by atoms with van der Waals surface area (Å²) in [5.74, 6) is 0.0605. The SMILES string of the molecule is COCn1ccc(C(=O)Nc2ccn(Cc3c(Cl)cccc3Cl)n2)n1. The second-order valence-corrected chi connectivity index (χ2v) is 6.03. The summed E-state index contributed by atoms with van der Waals surface area (Å²) in [5, 5.41) is 12.2. The number of aromatic nitrogens is 4. The highest BCUT2D eigenvalue weighted by molar-refractivity contribution is 6.35. The second kappa shape index (κ2) is 7.69. The summed E-state index contributed by atoms with van der Waals surface area (Å²) in [7, 11) is 1.55. The molecule has 3 rings (SSSR count). The fraction of sp³-hybridized carbons (Fsp3) is 0.188. The number of amides is 1. The van der Waals surface area contributed by atoms with Crippen LogP contribution >= 0.6 is 23.2 Å². The molecule has 2 heterocycles. The number of methoxy groups -OCH3 is 1. The van der Waals surface area contributed by atoms with Gasteiger partial charge >= 0.3 is 0 Å². The Labute approximate surface area is 154 Å². The molecule has 0 radical (unpaired) electrons. The van der Waals surface area contributed by atoms with E-state index >= 15 is 0 Å². The molecule has 0 spiro atoms. The largest absolute Gasteiger partial charge is 0.362 e. The minimum absolute atomic E-state index is 0.278. The van der Waals surface area contributed by atoms with Gasteiger partial charge in [-0.05, 0) is 18.2 Å². The normalized spacial score (nSPS) is 10.8. The molecule has 0 atom stereocenters. The van der Waals surface area contributed by atoms with E-state index in [0.717, 1.165) is 5.56 Å². The summed E-state index contributed by atoms with van der Waals surface area (Å²) in [4.78, 5) is 12.2. The molecule has 0 saturated carbocycles. The molecule has 0 aliphatic rings. The molecule has 7 nitrogen and oxygen atoms in total. The predicted octanol–water partition coefficient (Wildman–Crippen LogP) is 3.29. The van der Waals surface area contributed by atoms with Gasteiger partial charge in [-0.3, -0.25) is 9.48 Å². The van der Waals surface area contributed by atoms with Crippen LogP contribution in [0.2, 0.25) is 10.0 Å². The van der Waals surface area contributed by atoms with E-state index in [0.29, 0.717) is 22.4 Å².